The number of benzene rings is 1. The molecule has 1 aromatic carbocycles. The van der Waals surface area contributed by atoms with Crippen LogP contribution in [0.25, 0.3) is 22.6 Å². The van der Waals surface area contributed by atoms with Gasteiger partial charge in [-0.2, -0.15) is 0 Å². The van der Waals surface area contributed by atoms with Crippen molar-refractivity contribution in [2.24, 2.45) is 5.92 Å². The predicted molar refractivity (Wildman–Crippen MR) is 108 cm³/mol. The molecule has 0 unspecified atom stereocenters. The van der Waals surface area contributed by atoms with Crippen molar-refractivity contribution in [2.45, 2.75) is 25.8 Å². The molecule has 3 aromatic heterocycles. The summed E-state index contributed by atoms with van der Waals surface area (Å²) in [4.78, 5) is 19.6. The summed E-state index contributed by atoms with van der Waals surface area (Å²) in [5, 5.41) is 0. The number of piperidine rings is 1. The zero-order valence-electron chi connectivity index (χ0n) is 15.7. The summed E-state index contributed by atoms with van der Waals surface area (Å²) in [5.74, 6) is 3.06. The molecule has 0 spiro atoms. The number of para-hydroxylation sites is 2. The Morgan fingerprint density at radius 2 is 2.00 bits per heavy atom. The summed E-state index contributed by atoms with van der Waals surface area (Å²) >= 11 is 0. The van der Waals surface area contributed by atoms with Crippen LogP contribution >= 0.6 is 0 Å². The maximum absolute atomic E-state index is 5.36. The first-order valence-electron chi connectivity index (χ1n) is 9.84. The van der Waals surface area contributed by atoms with Crippen LogP contribution < -0.4 is 0 Å². The summed E-state index contributed by atoms with van der Waals surface area (Å²) in [6, 6.07) is 12.0. The fourth-order valence-corrected chi connectivity index (χ4v) is 4.06. The van der Waals surface area contributed by atoms with E-state index in [1.165, 1.54) is 12.8 Å². The first kappa shape index (κ1) is 17.1. The van der Waals surface area contributed by atoms with Crippen molar-refractivity contribution < 1.29 is 4.42 Å². The van der Waals surface area contributed by atoms with Crippen molar-refractivity contribution in [3.8, 4) is 11.6 Å². The Kier molecular flexibility index (Phi) is 4.62. The molecule has 6 nitrogen and oxygen atoms in total. The number of likely N-dealkylation sites (tertiary alicyclic amines) is 1. The third-order valence-corrected chi connectivity index (χ3v) is 5.38. The summed E-state index contributed by atoms with van der Waals surface area (Å²) in [6.45, 7) is 3.09. The molecule has 6 heteroatoms. The number of nitrogens with zero attached hydrogens (tertiary/aromatic N) is 4. The standard InChI is InChI=1S/C22H23N5O/c1-2-7-19-18(6-1)25-21(26-19)11-16-5-3-9-27(14-16)15-17-12-23-22(24-13-17)20-8-4-10-28-20/h1-2,4,6-8,10,12-13,16H,3,5,9,11,14-15H2,(H,25,26)/t16-/m1/s1. The van der Waals surface area contributed by atoms with E-state index in [-0.39, 0.29) is 0 Å². The summed E-state index contributed by atoms with van der Waals surface area (Å²) in [5.41, 5.74) is 3.32. The Morgan fingerprint density at radius 3 is 2.82 bits per heavy atom. The van der Waals surface area contributed by atoms with Crippen LogP contribution in [0, 0.1) is 5.92 Å². The highest BCUT2D eigenvalue weighted by atomic mass is 16.3. The molecule has 0 amide bonds. The van der Waals surface area contributed by atoms with E-state index in [9.17, 15) is 0 Å². The van der Waals surface area contributed by atoms with Crippen LogP contribution in [-0.2, 0) is 13.0 Å². The number of furan rings is 1. The van der Waals surface area contributed by atoms with Gasteiger partial charge in [-0.15, -0.1) is 0 Å². The fraction of sp³-hybridized carbons (Fsp3) is 0.318. The van der Waals surface area contributed by atoms with E-state index in [1.807, 2.05) is 36.7 Å². The van der Waals surface area contributed by atoms with E-state index in [1.54, 1.807) is 6.26 Å². The zero-order valence-corrected chi connectivity index (χ0v) is 15.7. The number of imidazole rings is 1. The highest BCUT2D eigenvalue weighted by Gasteiger charge is 2.21. The molecule has 1 atom stereocenters. The molecule has 1 aliphatic heterocycles. The molecule has 1 saturated heterocycles. The summed E-state index contributed by atoms with van der Waals surface area (Å²) < 4.78 is 5.36. The lowest BCUT2D eigenvalue weighted by Gasteiger charge is -2.32. The van der Waals surface area contributed by atoms with E-state index in [0.717, 1.165) is 48.5 Å². The average Bonchev–Trinajstić information content (AvgIpc) is 3.38. The summed E-state index contributed by atoms with van der Waals surface area (Å²) in [7, 11) is 0. The van der Waals surface area contributed by atoms with Crippen LogP contribution in [0.2, 0.25) is 0 Å². The molecule has 28 heavy (non-hydrogen) atoms. The fourth-order valence-electron chi connectivity index (χ4n) is 4.06. The minimum atomic E-state index is 0.623. The van der Waals surface area contributed by atoms with Gasteiger partial charge in [-0.05, 0) is 49.6 Å². The van der Waals surface area contributed by atoms with Crippen LogP contribution in [0.4, 0.5) is 0 Å². The quantitative estimate of drug-likeness (QED) is 0.571. The number of hydrogen-bond acceptors (Lipinski definition) is 5. The molecular weight excluding hydrogens is 350 g/mol. The normalized spacial score (nSPS) is 17.9. The Morgan fingerprint density at radius 1 is 1.11 bits per heavy atom. The monoisotopic (exact) mass is 373 g/mol. The van der Waals surface area contributed by atoms with Crippen molar-refractivity contribution in [3.63, 3.8) is 0 Å². The van der Waals surface area contributed by atoms with Crippen LogP contribution in [0.5, 0.6) is 0 Å². The van der Waals surface area contributed by atoms with E-state index in [0.29, 0.717) is 17.5 Å². The topological polar surface area (TPSA) is 70.8 Å². The van der Waals surface area contributed by atoms with Gasteiger partial charge in [0.2, 0.25) is 0 Å². The average molecular weight is 373 g/mol. The molecule has 1 N–H and O–H groups in total. The maximum atomic E-state index is 5.36. The number of H-pyrrole nitrogens is 1. The van der Waals surface area contributed by atoms with Crippen molar-refractivity contribution >= 4 is 11.0 Å². The van der Waals surface area contributed by atoms with Gasteiger partial charge in [0.25, 0.3) is 0 Å². The molecule has 142 valence electrons. The smallest absolute Gasteiger partial charge is 0.195 e. The van der Waals surface area contributed by atoms with Crippen LogP contribution in [-0.4, -0.2) is 37.9 Å². The number of fused-ring (bicyclic) bond motifs is 1. The van der Waals surface area contributed by atoms with Crippen molar-refractivity contribution in [1.82, 2.24) is 24.8 Å². The molecule has 1 fully saturated rings. The molecule has 0 bridgehead atoms. The number of aromatic nitrogens is 4. The lowest BCUT2D eigenvalue weighted by molar-refractivity contribution is 0.165. The van der Waals surface area contributed by atoms with Crippen molar-refractivity contribution in [3.05, 3.63) is 66.4 Å². The third kappa shape index (κ3) is 3.68. The number of hydrogen-bond donors (Lipinski definition) is 1. The first-order chi connectivity index (χ1) is 13.8. The van der Waals surface area contributed by atoms with Gasteiger partial charge in [0.05, 0.1) is 17.3 Å². The summed E-state index contributed by atoms with van der Waals surface area (Å²) in [6.07, 6.45) is 8.93. The molecule has 1 aliphatic rings. The Bertz CT molecular complexity index is 1010. The number of rotatable bonds is 5. The molecule has 4 aromatic rings. The lowest BCUT2D eigenvalue weighted by Crippen LogP contribution is -2.35. The Hall–Kier alpha value is -2.99. The number of nitrogens with one attached hydrogen (secondary N) is 1. The van der Waals surface area contributed by atoms with Gasteiger partial charge in [0, 0.05) is 37.5 Å². The van der Waals surface area contributed by atoms with Crippen LogP contribution in [0.15, 0.2) is 59.5 Å². The Balaban J connectivity index is 1.22. The van der Waals surface area contributed by atoms with Gasteiger partial charge >= 0.3 is 0 Å². The van der Waals surface area contributed by atoms with Crippen molar-refractivity contribution in [2.75, 3.05) is 13.1 Å². The van der Waals surface area contributed by atoms with Gasteiger partial charge in [0.15, 0.2) is 11.6 Å². The number of aromatic amines is 1. The SMILES string of the molecule is c1coc(-c2ncc(CN3CCC[C@H](Cc4nc5ccccc5[nH]4)C3)cn2)c1. The van der Waals surface area contributed by atoms with Crippen LogP contribution in [0.1, 0.15) is 24.2 Å². The molecule has 5 rings (SSSR count). The second kappa shape index (κ2) is 7.56. The molecule has 0 aliphatic carbocycles. The zero-order chi connectivity index (χ0) is 18.8. The van der Waals surface area contributed by atoms with E-state index >= 15 is 0 Å². The lowest BCUT2D eigenvalue weighted by atomic mass is 9.94. The highest BCUT2D eigenvalue weighted by molar-refractivity contribution is 5.74. The minimum Gasteiger partial charge on any atom is -0.461 e. The van der Waals surface area contributed by atoms with Gasteiger partial charge in [-0.3, -0.25) is 4.90 Å². The molecule has 0 saturated carbocycles. The third-order valence-electron chi connectivity index (χ3n) is 5.38. The Labute approximate surface area is 163 Å². The maximum Gasteiger partial charge on any atom is 0.195 e. The second-order valence-electron chi connectivity index (χ2n) is 7.54. The van der Waals surface area contributed by atoms with Crippen molar-refractivity contribution in [1.29, 1.82) is 0 Å². The van der Waals surface area contributed by atoms with Gasteiger partial charge in [-0.1, -0.05) is 12.1 Å². The van der Waals surface area contributed by atoms with Gasteiger partial charge in [-0.25, -0.2) is 15.0 Å². The molecule has 4 heterocycles. The first-order valence-corrected chi connectivity index (χ1v) is 9.84. The van der Waals surface area contributed by atoms with E-state index in [2.05, 4.69) is 32.0 Å². The van der Waals surface area contributed by atoms with E-state index < -0.39 is 0 Å². The minimum absolute atomic E-state index is 0.623. The van der Waals surface area contributed by atoms with E-state index in [4.69, 9.17) is 9.40 Å². The van der Waals surface area contributed by atoms with Gasteiger partial charge < -0.3 is 9.40 Å². The highest BCUT2D eigenvalue weighted by Crippen LogP contribution is 2.23. The second-order valence-corrected chi connectivity index (χ2v) is 7.54. The predicted octanol–water partition coefficient (Wildman–Crippen LogP) is 4.07. The largest absolute Gasteiger partial charge is 0.461 e. The molecular formula is C22H23N5O. The van der Waals surface area contributed by atoms with Gasteiger partial charge in [0.1, 0.15) is 5.82 Å². The van der Waals surface area contributed by atoms with Crippen LogP contribution in [0.3, 0.4) is 0 Å². The molecule has 0 radical (unpaired) electrons.